The van der Waals surface area contributed by atoms with E-state index in [4.69, 9.17) is 27.8 Å². The number of aliphatic hydroxyl groups excluding tert-OH is 3. The van der Waals surface area contributed by atoms with Crippen molar-refractivity contribution in [2.24, 2.45) is 5.73 Å². The van der Waals surface area contributed by atoms with Crippen molar-refractivity contribution in [3.63, 3.8) is 0 Å². The van der Waals surface area contributed by atoms with Crippen molar-refractivity contribution in [1.29, 1.82) is 0 Å². The number of nitrogens with zero attached hydrogens (tertiary/aromatic N) is 2. The number of primary amides is 1. The highest BCUT2D eigenvalue weighted by molar-refractivity contribution is 7.71. The van der Waals surface area contributed by atoms with Crippen molar-refractivity contribution >= 4 is 18.1 Å². The van der Waals surface area contributed by atoms with Crippen molar-refractivity contribution < 1.29 is 24.9 Å². The van der Waals surface area contributed by atoms with E-state index in [0.717, 1.165) is 4.68 Å². The van der Waals surface area contributed by atoms with Gasteiger partial charge in [0, 0.05) is 0 Å². The van der Waals surface area contributed by atoms with E-state index >= 15 is 0 Å². The molecule has 1 aliphatic heterocycles. The van der Waals surface area contributed by atoms with Gasteiger partial charge in [0.2, 0.25) is 10.6 Å². The molecule has 4 atom stereocenters. The number of nitrogens with one attached hydrogen (secondary N) is 1. The van der Waals surface area contributed by atoms with E-state index in [9.17, 15) is 15.0 Å². The number of hydrogen-bond donors (Lipinski definition) is 5. The number of aromatic nitrogens is 3. The molecular formula is C8H12N4O5S. The van der Waals surface area contributed by atoms with Crippen molar-refractivity contribution in [3.8, 4) is 0 Å². The largest absolute Gasteiger partial charge is 0.394 e. The fourth-order valence-corrected chi connectivity index (χ4v) is 1.95. The van der Waals surface area contributed by atoms with Gasteiger partial charge in [-0.2, -0.15) is 4.98 Å². The highest BCUT2D eigenvalue weighted by Crippen LogP contribution is 2.28. The fourth-order valence-electron chi connectivity index (χ4n) is 1.71. The summed E-state index contributed by atoms with van der Waals surface area (Å²) in [6, 6.07) is 0. The van der Waals surface area contributed by atoms with Crippen LogP contribution in [-0.2, 0) is 4.74 Å². The summed E-state index contributed by atoms with van der Waals surface area (Å²) in [6.07, 6.45) is -4.57. The van der Waals surface area contributed by atoms with Gasteiger partial charge in [0.15, 0.2) is 6.23 Å². The second-order valence-electron chi connectivity index (χ2n) is 3.82. The Labute approximate surface area is 106 Å². The van der Waals surface area contributed by atoms with Gasteiger partial charge in [0.25, 0.3) is 5.91 Å². The van der Waals surface area contributed by atoms with Gasteiger partial charge in [-0.1, -0.05) is 0 Å². The SMILES string of the molecule is NC(=O)c1nc(=S)n([C@@H]2O[C@H](CO)[C@@H](O)[C@H]2O)[nH]1. The number of aromatic amines is 1. The number of H-pyrrole nitrogens is 1. The lowest BCUT2D eigenvalue weighted by Gasteiger charge is -2.14. The van der Waals surface area contributed by atoms with E-state index in [0.29, 0.717) is 0 Å². The van der Waals surface area contributed by atoms with Crippen LogP contribution in [0.15, 0.2) is 0 Å². The summed E-state index contributed by atoms with van der Waals surface area (Å²) in [4.78, 5) is 14.6. The van der Waals surface area contributed by atoms with E-state index in [-0.39, 0.29) is 10.6 Å². The molecular weight excluding hydrogens is 264 g/mol. The van der Waals surface area contributed by atoms with E-state index in [1.165, 1.54) is 0 Å². The molecule has 6 N–H and O–H groups in total. The first-order valence-electron chi connectivity index (χ1n) is 5.06. The van der Waals surface area contributed by atoms with E-state index in [1.54, 1.807) is 0 Å². The molecule has 1 aromatic rings. The Morgan fingerprint density at radius 1 is 1.56 bits per heavy atom. The maximum absolute atomic E-state index is 10.9. The first-order chi connectivity index (χ1) is 8.45. The Morgan fingerprint density at radius 3 is 2.67 bits per heavy atom. The molecule has 2 rings (SSSR count). The number of rotatable bonds is 3. The Morgan fingerprint density at radius 2 is 2.22 bits per heavy atom. The third-order valence-corrected chi connectivity index (χ3v) is 2.93. The zero-order valence-corrected chi connectivity index (χ0v) is 9.87. The van der Waals surface area contributed by atoms with Crippen LogP contribution in [0.3, 0.4) is 0 Å². The van der Waals surface area contributed by atoms with Crippen LogP contribution in [0.1, 0.15) is 16.8 Å². The van der Waals surface area contributed by atoms with Gasteiger partial charge in [-0.15, -0.1) is 0 Å². The summed E-state index contributed by atoms with van der Waals surface area (Å²) in [5.41, 5.74) is 5.03. The molecule has 0 unspecified atom stereocenters. The van der Waals surface area contributed by atoms with Gasteiger partial charge < -0.3 is 25.8 Å². The third-order valence-electron chi connectivity index (χ3n) is 2.64. The highest BCUT2D eigenvalue weighted by Gasteiger charge is 2.44. The van der Waals surface area contributed by atoms with Crippen molar-refractivity contribution in [2.45, 2.75) is 24.5 Å². The zero-order valence-electron chi connectivity index (χ0n) is 9.05. The van der Waals surface area contributed by atoms with Gasteiger partial charge >= 0.3 is 0 Å². The molecule has 18 heavy (non-hydrogen) atoms. The number of aliphatic hydroxyl groups is 3. The molecule has 1 aromatic heterocycles. The quantitative estimate of drug-likeness (QED) is 0.388. The van der Waals surface area contributed by atoms with Gasteiger partial charge in [-0.05, 0) is 12.2 Å². The number of nitrogens with two attached hydrogens (primary N) is 1. The normalized spacial score (nSPS) is 31.7. The summed E-state index contributed by atoms with van der Waals surface area (Å²) < 4.78 is 6.26. The molecule has 2 heterocycles. The predicted molar refractivity (Wildman–Crippen MR) is 58.9 cm³/mol. The van der Waals surface area contributed by atoms with Crippen LogP contribution in [0.5, 0.6) is 0 Å². The minimum Gasteiger partial charge on any atom is -0.394 e. The van der Waals surface area contributed by atoms with Crippen molar-refractivity contribution in [3.05, 3.63) is 10.6 Å². The third kappa shape index (κ3) is 2.04. The van der Waals surface area contributed by atoms with Crippen molar-refractivity contribution in [1.82, 2.24) is 14.8 Å². The Hall–Kier alpha value is -1.33. The Bertz CT molecular complexity index is 514. The summed E-state index contributed by atoms with van der Waals surface area (Å²) in [7, 11) is 0. The van der Waals surface area contributed by atoms with Gasteiger partial charge in [-0.25, -0.2) is 4.68 Å². The molecule has 0 spiro atoms. The molecule has 100 valence electrons. The second kappa shape index (κ2) is 4.74. The molecule has 0 radical (unpaired) electrons. The van der Waals surface area contributed by atoms with E-state index in [2.05, 4.69) is 10.1 Å². The molecule has 1 amide bonds. The zero-order chi connectivity index (χ0) is 13.4. The summed E-state index contributed by atoms with van der Waals surface area (Å²) >= 11 is 4.87. The monoisotopic (exact) mass is 276 g/mol. The van der Waals surface area contributed by atoms with E-state index < -0.39 is 37.1 Å². The second-order valence-corrected chi connectivity index (χ2v) is 4.18. The molecule has 0 saturated carbocycles. The number of hydrogen-bond acceptors (Lipinski definition) is 7. The van der Waals surface area contributed by atoms with Gasteiger partial charge in [0.05, 0.1) is 6.61 Å². The molecule has 1 aliphatic rings. The van der Waals surface area contributed by atoms with Crippen LogP contribution in [0.4, 0.5) is 0 Å². The lowest BCUT2D eigenvalue weighted by molar-refractivity contribution is -0.0595. The van der Waals surface area contributed by atoms with Gasteiger partial charge in [-0.3, -0.25) is 9.89 Å². The topological polar surface area (TPSA) is 147 Å². The Balaban J connectivity index is 2.32. The molecule has 0 aromatic carbocycles. The number of ether oxygens (including phenoxy) is 1. The van der Waals surface area contributed by atoms with Crippen molar-refractivity contribution in [2.75, 3.05) is 6.61 Å². The lowest BCUT2D eigenvalue weighted by Crippen LogP contribution is -2.33. The molecule has 0 aliphatic carbocycles. The highest BCUT2D eigenvalue weighted by atomic mass is 32.1. The van der Waals surface area contributed by atoms with Crippen LogP contribution < -0.4 is 5.73 Å². The molecule has 10 heteroatoms. The summed E-state index contributed by atoms with van der Waals surface area (Å²) in [6.45, 7) is -0.459. The maximum atomic E-state index is 10.9. The molecule has 1 saturated heterocycles. The number of amides is 1. The minimum absolute atomic E-state index is 0.0568. The smallest absolute Gasteiger partial charge is 0.286 e. The number of carbonyl (C=O) groups is 1. The average Bonchev–Trinajstić information content (AvgIpc) is 2.83. The predicted octanol–water partition coefficient (Wildman–Crippen LogP) is -2.35. The fraction of sp³-hybridized carbons (Fsp3) is 0.625. The minimum atomic E-state index is -1.31. The number of carbonyl (C=O) groups excluding carboxylic acids is 1. The standard InChI is InChI=1S/C8H12N4O5S/c9-5(16)6-10-8(18)12(11-6)7-4(15)3(14)2(1-13)17-7/h2-4,7,13-15H,1H2,(H2,9,16)(H,10,11,18)/t2-,3-,4-,7-/m1/s1. The molecule has 1 fully saturated rings. The molecule has 0 bridgehead atoms. The van der Waals surface area contributed by atoms with E-state index in [1.807, 2.05) is 0 Å². The summed E-state index contributed by atoms with van der Waals surface area (Å²) in [5, 5.41) is 30.8. The van der Waals surface area contributed by atoms with Gasteiger partial charge in [0.1, 0.15) is 18.3 Å². The van der Waals surface area contributed by atoms with Crippen LogP contribution in [-0.4, -0.2) is 60.9 Å². The first kappa shape index (κ1) is 13.1. The lowest BCUT2D eigenvalue weighted by atomic mass is 10.1. The summed E-state index contributed by atoms with van der Waals surface area (Å²) in [5.74, 6) is -0.996. The first-order valence-corrected chi connectivity index (χ1v) is 5.47. The Kier molecular flexibility index (Phi) is 3.45. The van der Waals surface area contributed by atoms with Crippen LogP contribution in [0, 0.1) is 4.77 Å². The maximum Gasteiger partial charge on any atom is 0.286 e. The van der Waals surface area contributed by atoms with Crippen LogP contribution >= 0.6 is 12.2 Å². The average molecular weight is 276 g/mol. The molecule has 9 nitrogen and oxygen atoms in total. The van der Waals surface area contributed by atoms with Crippen LogP contribution in [0.25, 0.3) is 0 Å². The van der Waals surface area contributed by atoms with Crippen LogP contribution in [0.2, 0.25) is 0 Å².